The average Bonchev–Trinajstić information content (AvgIpc) is 2.24. The molecule has 0 aromatic rings. The van der Waals surface area contributed by atoms with Gasteiger partial charge in [-0.05, 0) is 20.8 Å². The lowest BCUT2D eigenvalue weighted by molar-refractivity contribution is -0.138. The Morgan fingerprint density at radius 2 is 1.53 bits per heavy atom. The number of ether oxygens (including phenoxy) is 2. The Balaban J connectivity index is 4.50. The van der Waals surface area contributed by atoms with Gasteiger partial charge in [0.2, 0.25) is 0 Å². The van der Waals surface area contributed by atoms with Crippen LogP contribution in [0.3, 0.4) is 0 Å². The summed E-state index contributed by atoms with van der Waals surface area (Å²) in [6.45, 7) is 5.31. The van der Waals surface area contributed by atoms with Crippen molar-refractivity contribution in [3.05, 3.63) is 23.3 Å². The van der Waals surface area contributed by atoms with E-state index in [1.54, 1.807) is 20.8 Å². The summed E-state index contributed by atoms with van der Waals surface area (Å²) >= 11 is 0. The molecular weight excluding hydrogens is 196 g/mol. The van der Waals surface area contributed by atoms with E-state index in [4.69, 9.17) is 4.74 Å². The normalized spacial score (nSPS) is 12.3. The first-order chi connectivity index (χ1) is 7.02. The fourth-order valence-corrected chi connectivity index (χ4v) is 0.792. The summed E-state index contributed by atoms with van der Waals surface area (Å²) in [7, 11) is 1.31. The van der Waals surface area contributed by atoms with E-state index in [2.05, 4.69) is 4.74 Å². The van der Waals surface area contributed by atoms with Crippen LogP contribution >= 0.6 is 0 Å². The Kier molecular flexibility index (Phi) is 6.09. The molecule has 4 heteroatoms. The van der Waals surface area contributed by atoms with E-state index >= 15 is 0 Å². The third kappa shape index (κ3) is 5.00. The van der Waals surface area contributed by atoms with Crippen LogP contribution < -0.4 is 0 Å². The first-order valence-electron chi connectivity index (χ1n) is 4.63. The summed E-state index contributed by atoms with van der Waals surface area (Å²) in [5, 5.41) is 0. The van der Waals surface area contributed by atoms with Crippen LogP contribution in [-0.4, -0.2) is 25.7 Å². The number of allylic oxidation sites excluding steroid dienone is 2. The summed E-state index contributed by atoms with van der Waals surface area (Å²) in [4.78, 5) is 22.1. The van der Waals surface area contributed by atoms with E-state index in [0.717, 1.165) is 0 Å². The smallest absolute Gasteiger partial charge is 0.333 e. The molecule has 0 rings (SSSR count). The molecule has 0 aromatic heterocycles. The third-order valence-electron chi connectivity index (χ3n) is 1.69. The maximum Gasteiger partial charge on any atom is 0.333 e. The standard InChI is InChI=1S/C11H16O4/c1-5-15-11(13)9(3)7-6-8(2)10(12)14-4/h6-7H,5H2,1-4H3/b8-6+,9-7+. The van der Waals surface area contributed by atoms with Gasteiger partial charge in [-0.25, -0.2) is 9.59 Å². The lowest BCUT2D eigenvalue weighted by Gasteiger charge is -2.00. The average molecular weight is 212 g/mol. The van der Waals surface area contributed by atoms with E-state index in [9.17, 15) is 9.59 Å². The van der Waals surface area contributed by atoms with Crippen LogP contribution in [0.1, 0.15) is 20.8 Å². The number of carbonyl (C=O) groups is 2. The van der Waals surface area contributed by atoms with Crippen LogP contribution in [0, 0.1) is 0 Å². The molecule has 0 bridgehead atoms. The van der Waals surface area contributed by atoms with Gasteiger partial charge in [0.25, 0.3) is 0 Å². The topological polar surface area (TPSA) is 52.6 Å². The molecule has 0 radical (unpaired) electrons. The molecule has 0 amide bonds. The zero-order valence-corrected chi connectivity index (χ0v) is 9.49. The highest BCUT2D eigenvalue weighted by molar-refractivity contribution is 5.90. The van der Waals surface area contributed by atoms with E-state index in [0.29, 0.717) is 17.8 Å². The molecule has 0 saturated carbocycles. The molecule has 84 valence electrons. The highest BCUT2D eigenvalue weighted by Crippen LogP contribution is 2.01. The predicted molar refractivity (Wildman–Crippen MR) is 56.2 cm³/mol. The van der Waals surface area contributed by atoms with Crippen LogP contribution in [0.25, 0.3) is 0 Å². The molecule has 0 aliphatic rings. The van der Waals surface area contributed by atoms with Gasteiger partial charge in [0.15, 0.2) is 0 Å². The molecule has 0 aliphatic carbocycles. The van der Waals surface area contributed by atoms with Crippen molar-refractivity contribution in [2.24, 2.45) is 0 Å². The molecule has 4 nitrogen and oxygen atoms in total. The number of hydrogen-bond donors (Lipinski definition) is 0. The Morgan fingerprint density at radius 1 is 1.07 bits per heavy atom. The number of esters is 2. The van der Waals surface area contributed by atoms with Crippen LogP contribution in [0.4, 0.5) is 0 Å². The van der Waals surface area contributed by atoms with Crippen LogP contribution in [0.15, 0.2) is 23.3 Å². The van der Waals surface area contributed by atoms with Crippen molar-refractivity contribution < 1.29 is 19.1 Å². The Bertz CT molecular complexity index is 300. The van der Waals surface area contributed by atoms with Crippen molar-refractivity contribution in [1.82, 2.24) is 0 Å². The van der Waals surface area contributed by atoms with Gasteiger partial charge in [-0.15, -0.1) is 0 Å². The molecule has 0 heterocycles. The summed E-state index contributed by atoms with van der Waals surface area (Å²) in [5.74, 6) is -0.797. The zero-order valence-electron chi connectivity index (χ0n) is 9.49. The highest BCUT2D eigenvalue weighted by Gasteiger charge is 2.04. The van der Waals surface area contributed by atoms with Crippen LogP contribution in [0.2, 0.25) is 0 Å². The minimum absolute atomic E-state index is 0.337. The summed E-state index contributed by atoms with van der Waals surface area (Å²) < 4.78 is 9.27. The van der Waals surface area contributed by atoms with Gasteiger partial charge >= 0.3 is 11.9 Å². The van der Waals surface area contributed by atoms with Crippen LogP contribution in [-0.2, 0) is 19.1 Å². The van der Waals surface area contributed by atoms with Gasteiger partial charge in [0.05, 0.1) is 13.7 Å². The van der Waals surface area contributed by atoms with Gasteiger partial charge in [0.1, 0.15) is 0 Å². The second-order valence-corrected chi connectivity index (χ2v) is 2.91. The van der Waals surface area contributed by atoms with Gasteiger partial charge in [-0.3, -0.25) is 0 Å². The van der Waals surface area contributed by atoms with Gasteiger partial charge in [-0.2, -0.15) is 0 Å². The molecule has 0 fully saturated rings. The fraction of sp³-hybridized carbons (Fsp3) is 0.455. The SMILES string of the molecule is CCOC(=O)/C(C)=C/C=C(\C)C(=O)OC. The maximum absolute atomic E-state index is 11.2. The molecule has 15 heavy (non-hydrogen) atoms. The zero-order chi connectivity index (χ0) is 11.8. The van der Waals surface area contributed by atoms with Crippen molar-refractivity contribution in [2.45, 2.75) is 20.8 Å². The molecule has 0 spiro atoms. The highest BCUT2D eigenvalue weighted by atomic mass is 16.5. The molecule has 0 saturated heterocycles. The number of methoxy groups -OCH3 is 1. The quantitative estimate of drug-likeness (QED) is 0.403. The molecular formula is C11H16O4. The largest absolute Gasteiger partial charge is 0.466 e. The second-order valence-electron chi connectivity index (χ2n) is 2.91. The predicted octanol–water partition coefficient (Wildman–Crippen LogP) is 1.62. The number of hydrogen-bond acceptors (Lipinski definition) is 4. The molecule has 0 aromatic carbocycles. The minimum atomic E-state index is -0.414. The van der Waals surface area contributed by atoms with Crippen LogP contribution in [0.5, 0.6) is 0 Å². The van der Waals surface area contributed by atoms with Crippen molar-refractivity contribution >= 4 is 11.9 Å². The van der Waals surface area contributed by atoms with E-state index in [-0.39, 0.29) is 5.97 Å². The molecule has 0 atom stereocenters. The van der Waals surface area contributed by atoms with E-state index < -0.39 is 5.97 Å². The number of carbonyl (C=O) groups excluding carboxylic acids is 2. The lowest BCUT2D eigenvalue weighted by Crippen LogP contribution is -2.05. The summed E-state index contributed by atoms with van der Waals surface area (Å²) in [6.07, 6.45) is 3.06. The van der Waals surface area contributed by atoms with Gasteiger partial charge in [0, 0.05) is 11.1 Å². The van der Waals surface area contributed by atoms with Crippen molar-refractivity contribution in [3.63, 3.8) is 0 Å². The molecule has 0 N–H and O–H groups in total. The van der Waals surface area contributed by atoms with E-state index in [1.165, 1.54) is 19.3 Å². The van der Waals surface area contributed by atoms with Crippen molar-refractivity contribution in [2.75, 3.05) is 13.7 Å². The Morgan fingerprint density at radius 3 is 1.93 bits per heavy atom. The molecule has 0 unspecified atom stereocenters. The number of rotatable bonds is 4. The lowest BCUT2D eigenvalue weighted by atomic mass is 10.2. The second kappa shape index (κ2) is 6.81. The minimum Gasteiger partial charge on any atom is -0.466 e. The molecule has 0 aliphatic heterocycles. The van der Waals surface area contributed by atoms with Crippen molar-refractivity contribution in [3.8, 4) is 0 Å². The third-order valence-corrected chi connectivity index (χ3v) is 1.69. The van der Waals surface area contributed by atoms with Gasteiger partial charge in [-0.1, -0.05) is 12.2 Å². The Labute approximate surface area is 89.6 Å². The monoisotopic (exact) mass is 212 g/mol. The van der Waals surface area contributed by atoms with E-state index in [1.807, 2.05) is 0 Å². The first-order valence-corrected chi connectivity index (χ1v) is 4.63. The Hall–Kier alpha value is -1.58. The fourth-order valence-electron chi connectivity index (χ4n) is 0.792. The summed E-state index contributed by atoms with van der Waals surface area (Å²) in [5.41, 5.74) is 0.876. The summed E-state index contributed by atoms with van der Waals surface area (Å²) in [6, 6.07) is 0. The first kappa shape index (κ1) is 13.4. The van der Waals surface area contributed by atoms with Crippen molar-refractivity contribution in [1.29, 1.82) is 0 Å². The maximum atomic E-state index is 11.2. The van der Waals surface area contributed by atoms with Gasteiger partial charge < -0.3 is 9.47 Å².